The molecule has 0 spiro atoms. The summed E-state index contributed by atoms with van der Waals surface area (Å²) in [6.45, 7) is 4.22. The summed E-state index contributed by atoms with van der Waals surface area (Å²) in [5, 5.41) is 0. The van der Waals surface area contributed by atoms with Gasteiger partial charge in [-0.1, -0.05) is 78.1 Å². The van der Waals surface area contributed by atoms with E-state index in [0.29, 0.717) is 0 Å². The summed E-state index contributed by atoms with van der Waals surface area (Å²) in [5.41, 5.74) is 0. The standard InChI is InChI=1S/C16H32O2.Na.H/c1-4-5-6-7-8-9-10-11-12-13-14-15(2)16(17)18-3;;/h15H,4-14H2,1-3H3;;/q;+1;-1. The van der Waals surface area contributed by atoms with Gasteiger partial charge in [-0.2, -0.15) is 0 Å². The Morgan fingerprint density at radius 1 is 0.947 bits per heavy atom. The topological polar surface area (TPSA) is 26.3 Å². The molecule has 0 aliphatic heterocycles. The fourth-order valence-electron chi connectivity index (χ4n) is 2.26. The van der Waals surface area contributed by atoms with Crippen LogP contribution in [-0.4, -0.2) is 13.1 Å². The molecule has 0 radical (unpaired) electrons. The van der Waals surface area contributed by atoms with Crippen LogP contribution in [0.5, 0.6) is 0 Å². The zero-order valence-corrected chi connectivity index (χ0v) is 15.7. The predicted octanol–water partition coefficient (Wildman–Crippen LogP) is 2.22. The summed E-state index contributed by atoms with van der Waals surface area (Å²) < 4.78 is 4.72. The van der Waals surface area contributed by atoms with E-state index in [4.69, 9.17) is 4.74 Å². The molecule has 0 aromatic rings. The molecule has 0 bridgehead atoms. The minimum atomic E-state index is -0.0640. The normalized spacial score (nSPS) is 11.7. The van der Waals surface area contributed by atoms with Gasteiger partial charge in [0.1, 0.15) is 0 Å². The Morgan fingerprint density at radius 2 is 1.37 bits per heavy atom. The molecule has 0 N–H and O–H groups in total. The van der Waals surface area contributed by atoms with Crippen LogP contribution in [-0.2, 0) is 9.53 Å². The molecule has 1 atom stereocenters. The number of carbonyl (C=O) groups excluding carboxylic acids is 1. The molecule has 0 rings (SSSR count). The third-order valence-corrected chi connectivity index (χ3v) is 3.59. The number of rotatable bonds is 12. The molecule has 0 heterocycles. The van der Waals surface area contributed by atoms with E-state index in [1.165, 1.54) is 64.9 Å². The van der Waals surface area contributed by atoms with E-state index in [0.717, 1.165) is 12.8 Å². The van der Waals surface area contributed by atoms with Crippen molar-refractivity contribution < 1.29 is 40.5 Å². The first-order chi connectivity index (χ1) is 8.72. The van der Waals surface area contributed by atoms with E-state index in [1.54, 1.807) is 0 Å². The van der Waals surface area contributed by atoms with Crippen molar-refractivity contribution in [1.29, 1.82) is 0 Å². The zero-order chi connectivity index (χ0) is 13.6. The molecular weight excluding hydrogens is 247 g/mol. The average Bonchev–Trinajstić information content (AvgIpc) is 2.39. The first-order valence-electron chi connectivity index (χ1n) is 7.80. The molecule has 19 heavy (non-hydrogen) atoms. The van der Waals surface area contributed by atoms with Crippen LogP contribution in [0, 0.1) is 5.92 Å². The molecule has 0 fully saturated rings. The summed E-state index contributed by atoms with van der Waals surface area (Å²) >= 11 is 0. The molecule has 0 saturated carbocycles. The van der Waals surface area contributed by atoms with Crippen molar-refractivity contribution in [3.8, 4) is 0 Å². The summed E-state index contributed by atoms with van der Waals surface area (Å²) in [5.74, 6) is 0.00923. The van der Waals surface area contributed by atoms with Gasteiger partial charge in [0.05, 0.1) is 13.0 Å². The van der Waals surface area contributed by atoms with Crippen molar-refractivity contribution in [2.45, 2.75) is 84.5 Å². The summed E-state index contributed by atoms with van der Waals surface area (Å²) in [6, 6.07) is 0. The molecule has 0 saturated heterocycles. The van der Waals surface area contributed by atoms with E-state index in [2.05, 4.69) is 6.92 Å². The molecule has 2 nitrogen and oxygen atoms in total. The molecular formula is C16H33NaO2. The second-order valence-corrected chi connectivity index (χ2v) is 5.39. The van der Waals surface area contributed by atoms with Crippen molar-refractivity contribution in [2.24, 2.45) is 5.92 Å². The Balaban J connectivity index is -0.00000144. The van der Waals surface area contributed by atoms with Crippen LogP contribution in [0.25, 0.3) is 0 Å². The van der Waals surface area contributed by atoms with E-state index >= 15 is 0 Å². The second kappa shape index (κ2) is 16.5. The maximum Gasteiger partial charge on any atom is 1.00 e. The van der Waals surface area contributed by atoms with Gasteiger partial charge >= 0.3 is 35.5 Å². The number of hydrogen-bond acceptors (Lipinski definition) is 2. The zero-order valence-electron chi connectivity index (χ0n) is 14.7. The van der Waals surface area contributed by atoms with Crippen molar-refractivity contribution in [1.82, 2.24) is 0 Å². The number of ether oxygens (including phenoxy) is 1. The number of unbranched alkanes of at least 4 members (excludes halogenated alkanes) is 9. The van der Waals surface area contributed by atoms with Crippen molar-refractivity contribution in [2.75, 3.05) is 7.11 Å². The van der Waals surface area contributed by atoms with Gasteiger partial charge in [-0.05, 0) is 6.42 Å². The maximum atomic E-state index is 11.2. The quantitative estimate of drug-likeness (QED) is 0.311. The molecule has 0 aromatic heterocycles. The monoisotopic (exact) mass is 280 g/mol. The van der Waals surface area contributed by atoms with E-state index in [1.807, 2.05) is 6.92 Å². The largest absolute Gasteiger partial charge is 1.00 e. The molecule has 3 heteroatoms. The summed E-state index contributed by atoms with van der Waals surface area (Å²) in [4.78, 5) is 11.2. The predicted molar refractivity (Wildman–Crippen MR) is 78.8 cm³/mol. The van der Waals surface area contributed by atoms with Gasteiger partial charge in [0.2, 0.25) is 0 Å². The van der Waals surface area contributed by atoms with Crippen molar-refractivity contribution in [3.05, 3.63) is 0 Å². The fraction of sp³-hybridized carbons (Fsp3) is 0.938. The maximum absolute atomic E-state index is 11.2. The third kappa shape index (κ3) is 14.7. The average molecular weight is 280 g/mol. The Morgan fingerprint density at radius 3 is 1.79 bits per heavy atom. The molecule has 0 amide bonds. The molecule has 110 valence electrons. The smallest absolute Gasteiger partial charge is 1.00 e. The summed E-state index contributed by atoms with van der Waals surface area (Å²) in [6.07, 6.45) is 14.4. The fourth-order valence-corrected chi connectivity index (χ4v) is 2.26. The van der Waals surface area contributed by atoms with Gasteiger partial charge in [-0.25, -0.2) is 0 Å². The van der Waals surface area contributed by atoms with Crippen LogP contribution < -0.4 is 29.6 Å². The number of carbonyl (C=O) groups is 1. The van der Waals surface area contributed by atoms with Crippen molar-refractivity contribution >= 4 is 5.97 Å². The van der Waals surface area contributed by atoms with Gasteiger partial charge in [-0.3, -0.25) is 4.79 Å². The molecule has 0 aliphatic rings. The van der Waals surface area contributed by atoms with Gasteiger partial charge in [-0.15, -0.1) is 0 Å². The van der Waals surface area contributed by atoms with Crippen LogP contribution in [0.3, 0.4) is 0 Å². The van der Waals surface area contributed by atoms with Crippen LogP contribution in [0.15, 0.2) is 0 Å². The molecule has 1 unspecified atom stereocenters. The van der Waals surface area contributed by atoms with E-state index < -0.39 is 0 Å². The first-order valence-corrected chi connectivity index (χ1v) is 7.80. The Bertz CT molecular complexity index is 201. The van der Waals surface area contributed by atoms with Crippen LogP contribution in [0.1, 0.15) is 85.9 Å². The SMILES string of the molecule is CCCCCCCCCCCCC(C)C(=O)OC.[H-].[Na+]. The van der Waals surface area contributed by atoms with Gasteiger partial charge in [0.25, 0.3) is 0 Å². The molecule has 0 aliphatic carbocycles. The van der Waals surface area contributed by atoms with E-state index in [-0.39, 0.29) is 42.9 Å². The van der Waals surface area contributed by atoms with Gasteiger partial charge in [0, 0.05) is 0 Å². The Hall–Kier alpha value is 0.470. The second-order valence-electron chi connectivity index (χ2n) is 5.39. The van der Waals surface area contributed by atoms with Crippen LogP contribution in [0.2, 0.25) is 0 Å². The number of methoxy groups -OCH3 is 1. The van der Waals surface area contributed by atoms with E-state index in [9.17, 15) is 4.79 Å². The third-order valence-electron chi connectivity index (χ3n) is 3.59. The number of hydrogen-bond donors (Lipinski definition) is 0. The van der Waals surface area contributed by atoms with Gasteiger partial charge < -0.3 is 6.16 Å². The number of esters is 1. The minimum absolute atomic E-state index is 0. The molecule has 0 aromatic carbocycles. The van der Waals surface area contributed by atoms with Gasteiger partial charge in [0.15, 0.2) is 0 Å². The summed E-state index contributed by atoms with van der Waals surface area (Å²) in [7, 11) is 1.47. The Labute approximate surface area is 143 Å². The van der Waals surface area contributed by atoms with Crippen LogP contribution >= 0.6 is 0 Å². The minimum Gasteiger partial charge on any atom is -1.00 e. The van der Waals surface area contributed by atoms with Crippen molar-refractivity contribution in [3.63, 3.8) is 0 Å². The first kappa shape index (κ1) is 21.8. The Kier molecular flexibility index (Phi) is 18.9. The van der Waals surface area contributed by atoms with Crippen LogP contribution in [0.4, 0.5) is 0 Å².